The number of H-pyrrole nitrogens is 1. The van der Waals surface area contributed by atoms with Crippen molar-refractivity contribution < 1.29 is 0 Å². The fraction of sp³-hybridized carbons (Fsp3) is 0. The third kappa shape index (κ3) is 1.57. The molecule has 0 radical (unpaired) electrons. The highest BCUT2D eigenvalue weighted by Crippen LogP contribution is 2.38. The van der Waals surface area contributed by atoms with E-state index in [2.05, 4.69) is 65.0 Å². The van der Waals surface area contributed by atoms with Gasteiger partial charge in [-0.15, -0.1) is 11.3 Å². The zero-order valence-electron chi connectivity index (χ0n) is 11.7. The van der Waals surface area contributed by atoms with Crippen LogP contribution < -0.4 is 0 Å². The summed E-state index contributed by atoms with van der Waals surface area (Å²) in [5.41, 5.74) is 4.44. The minimum Gasteiger partial charge on any atom is -0.354 e. The first-order chi connectivity index (χ1) is 10.9. The maximum atomic E-state index is 4.96. The second-order valence-electron chi connectivity index (χ2n) is 5.38. The van der Waals surface area contributed by atoms with Crippen molar-refractivity contribution in [1.29, 1.82) is 0 Å². The van der Waals surface area contributed by atoms with Gasteiger partial charge < -0.3 is 4.98 Å². The van der Waals surface area contributed by atoms with Crippen LogP contribution in [0.5, 0.6) is 0 Å². The summed E-state index contributed by atoms with van der Waals surface area (Å²) in [6.07, 6.45) is 0. The molecule has 0 atom stereocenters. The van der Waals surface area contributed by atoms with E-state index in [9.17, 15) is 0 Å². The highest BCUT2D eigenvalue weighted by molar-refractivity contribution is 7.13. The summed E-state index contributed by atoms with van der Waals surface area (Å²) >= 11 is 1.73. The Morgan fingerprint density at radius 2 is 1.64 bits per heavy atom. The summed E-state index contributed by atoms with van der Waals surface area (Å²) in [6, 6.07) is 21.0. The quantitative estimate of drug-likeness (QED) is 0.429. The van der Waals surface area contributed by atoms with Gasteiger partial charge in [-0.25, -0.2) is 4.98 Å². The molecule has 0 fully saturated rings. The fourth-order valence-electron chi connectivity index (χ4n) is 3.14. The van der Waals surface area contributed by atoms with Gasteiger partial charge in [-0.05, 0) is 23.6 Å². The molecule has 5 rings (SSSR count). The van der Waals surface area contributed by atoms with E-state index in [4.69, 9.17) is 4.98 Å². The van der Waals surface area contributed by atoms with Crippen LogP contribution in [0.3, 0.4) is 0 Å². The van der Waals surface area contributed by atoms with Crippen LogP contribution in [0.15, 0.2) is 66.0 Å². The summed E-state index contributed by atoms with van der Waals surface area (Å²) in [4.78, 5) is 9.76. The minimum absolute atomic E-state index is 1.03. The zero-order chi connectivity index (χ0) is 14.5. The van der Waals surface area contributed by atoms with Gasteiger partial charge in [0.05, 0.1) is 21.6 Å². The number of aromatic amines is 1. The second-order valence-corrected chi connectivity index (χ2v) is 6.32. The zero-order valence-corrected chi connectivity index (χ0v) is 12.5. The third-order valence-electron chi connectivity index (χ3n) is 4.10. The molecule has 3 heterocycles. The monoisotopic (exact) mass is 300 g/mol. The Bertz CT molecular complexity index is 1120. The van der Waals surface area contributed by atoms with Crippen LogP contribution in [0.1, 0.15) is 0 Å². The first-order valence-electron chi connectivity index (χ1n) is 7.25. The molecule has 22 heavy (non-hydrogen) atoms. The summed E-state index contributed by atoms with van der Waals surface area (Å²) in [7, 11) is 0. The number of benzene rings is 2. The molecule has 0 aliphatic rings. The Balaban J connectivity index is 2.09. The van der Waals surface area contributed by atoms with Crippen molar-refractivity contribution in [3.63, 3.8) is 0 Å². The van der Waals surface area contributed by atoms with Crippen LogP contribution in [0.2, 0.25) is 0 Å². The van der Waals surface area contributed by atoms with E-state index < -0.39 is 0 Å². The Kier molecular flexibility index (Phi) is 2.40. The van der Waals surface area contributed by atoms with Gasteiger partial charge in [0, 0.05) is 21.7 Å². The summed E-state index contributed by atoms with van der Waals surface area (Å²) in [6.45, 7) is 0. The number of nitrogens with one attached hydrogen (secondary N) is 1. The average molecular weight is 300 g/mol. The lowest BCUT2D eigenvalue weighted by Crippen LogP contribution is -1.86. The summed E-state index contributed by atoms with van der Waals surface area (Å²) in [5, 5.41) is 5.73. The van der Waals surface area contributed by atoms with Crippen LogP contribution in [-0.4, -0.2) is 9.97 Å². The lowest BCUT2D eigenvalue weighted by molar-refractivity contribution is 1.45. The molecule has 0 saturated heterocycles. The van der Waals surface area contributed by atoms with Gasteiger partial charge in [0.15, 0.2) is 0 Å². The van der Waals surface area contributed by atoms with Crippen molar-refractivity contribution in [1.82, 2.24) is 9.97 Å². The predicted molar refractivity (Wildman–Crippen MR) is 94.4 cm³/mol. The SMILES string of the molecule is c1csc(-c2nc3ccccc3c3[nH]c4ccccc4c23)c1. The standard InChI is InChI=1S/C19H12N2S/c1-3-8-14-12(6-1)17-18(20-14)13-7-2-4-9-15(13)21-19(17)16-10-5-11-22-16/h1-11,20H. The van der Waals surface area contributed by atoms with Crippen molar-refractivity contribution in [3.05, 3.63) is 66.0 Å². The summed E-state index contributed by atoms with van der Waals surface area (Å²) in [5.74, 6) is 0. The molecule has 3 aromatic heterocycles. The molecule has 1 N–H and O–H groups in total. The topological polar surface area (TPSA) is 28.7 Å². The van der Waals surface area contributed by atoms with Gasteiger partial charge in [0.2, 0.25) is 0 Å². The van der Waals surface area contributed by atoms with E-state index in [0.29, 0.717) is 0 Å². The van der Waals surface area contributed by atoms with E-state index in [0.717, 1.165) is 16.7 Å². The number of nitrogens with zero attached hydrogens (tertiary/aromatic N) is 1. The molecule has 0 bridgehead atoms. The van der Waals surface area contributed by atoms with Crippen LogP contribution in [-0.2, 0) is 0 Å². The normalized spacial score (nSPS) is 11.6. The molecule has 0 aliphatic heterocycles. The van der Waals surface area contributed by atoms with E-state index >= 15 is 0 Å². The maximum Gasteiger partial charge on any atom is 0.0909 e. The smallest absolute Gasteiger partial charge is 0.0909 e. The van der Waals surface area contributed by atoms with Gasteiger partial charge in [0.1, 0.15) is 0 Å². The third-order valence-corrected chi connectivity index (χ3v) is 4.98. The average Bonchev–Trinajstić information content (AvgIpc) is 3.22. The Labute approximate surface area is 131 Å². The number of hydrogen-bond donors (Lipinski definition) is 1. The van der Waals surface area contributed by atoms with Gasteiger partial charge in [-0.1, -0.05) is 42.5 Å². The molecule has 3 heteroatoms. The second kappa shape index (κ2) is 4.42. The molecular weight excluding hydrogens is 288 g/mol. The van der Waals surface area contributed by atoms with Gasteiger partial charge >= 0.3 is 0 Å². The number of pyridine rings is 1. The molecular formula is C19H12N2S. The molecule has 0 spiro atoms. The van der Waals surface area contributed by atoms with Crippen molar-refractivity contribution in [3.8, 4) is 10.6 Å². The van der Waals surface area contributed by atoms with Crippen LogP contribution in [0.25, 0.3) is 43.3 Å². The van der Waals surface area contributed by atoms with Crippen molar-refractivity contribution in [2.45, 2.75) is 0 Å². The van der Waals surface area contributed by atoms with Crippen molar-refractivity contribution in [2.24, 2.45) is 0 Å². The van der Waals surface area contributed by atoms with Crippen LogP contribution >= 0.6 is 11.3 Å². The number of hydrogen-bond acceptors (Lipinski definition) is 2. The van der Waals surface area contributed by atoms with Crippen molar-refractivity contribution in [2.75, 3.05) is 0 Å². The molecule has 0 aliphatic carbocycles. The minimum atomic E-state index is 1.03. The number of rotatable bonds is 1. The highest BCUT2D eigenvalue weighted by atomic mass is 32.1. The fourth-order valence-corrected chi connectivity index (χ4v) is 3.86. The molecule has 104 valence electrons. The van der Waals surface area contributed by atoms with Gasteiger partial charge in [0.25, 0.3) is 0 Å². The van der Waals surface area contributed by atoms with Crippen molar-refractivity contribution >= 4 is 44.0 Å². The highest BCUT2D eigenvalue weighted by Gasteiger charge is 2.15. The first kappa shape index (κ1) is 12.0. The first-order valence-corrected chi connectivity index (χ1v) is 8.13. The molecule has 0 amide bonds. The molecule has 0 unspecified atom stereocenters. The van der Waals surface area contributed by atoms with Gasteiger partial charge in [-0.2, -0.15) is 0 Å². The molecule has 2 aromatic carbocycles. The predicted octanol–water partition coefficient (Wildman–Crippen LogP) is 5.60. The number of thiophene rings is 1. The number of para-hydroxylation sites is 2. The largest absolute Gasteiger partial charge is 0.354 e. The van der Waals surface area contributed by atoms with Crippen LogP contribution in [0.4, 0.5) is 0 Å². The van der Waals surface area contributed by atoms with E-state index in [-0.39, 0.29) is 0 Å². The Morgan fingerprint density at radius 3 is 2.50 bits per heavy atom. The summed E-state index contributed by atoms with van der Waals surface area (Å²) < 4.78 is 0. The van der Waals surface area contributed by atoms with E-state index in [1.54, 1.807) is 11.3 Å². The van der Waals surface area contributed by atoms with E-state index in [1.165, 1.54) is 26.6 Å². The van der Waals surface area contributed by atoms with Gasteiger partial charge in [-0.3, -0.25) is 0 Å². The lowest BCUT2D eigenvalue weighted by Gasteiger charge is -2.05. The Morgan fingerprint density at radius 1 is 0.818 bits per heavy atom. The maximum absolute atomic E-state index is 4.96. The van der Waals surface area contributed by atoms with E-state index in [1.807, 2.05) is 6.07 Å². The Hall–Kier alpha value is -2.65. The lowest BCUT2D eigenvalue weighted by atomic mass is 10.1. The number of fused-ring (bicyclic) bond motifs is 5. The molecule has 0 saturated carbocycles. The molecule has 2 nitrogen and oxygen atoms in total. The molecule has 5 aromatic rings. The number of aromatic nitrogens is 2. The van der Waals surface area contributed by atoms with Crippen LogP contribution in [0, 0.1) is 0 Å².